The molecule has 0 aromatic heterocycles. The number of allylic oxidation sites excluding steroid dienone is 4. The summed E-state index contributed by atoms with van der Waals surface area (Å²) in [5.74, 6) is 0. The molecule has 2 aromatic rings. The summed E-state index contributed by atoms with van der Waals surface area (Å²) in [4.78, 5) is 0. The molecule has 28 heavy (non-hydrogen) atoms. The summed E-state index contributed by atoms with van der Waals surface area (Å²) in [6.45, 7) is 3.22. The van der Waals surface area contributed by atoms with Crippen LogP contribution in [0.5, 0.6) is 0 Å². The van der Waals surface area contributed by atoms with E-state index in [0.29, 0.717) is 0 Å². The monoisotopic (exact) mass is 374 g/mol. The average molecular weight is 375 g/mol. The van der Waals surface area contributed by atoms with Crippen molar-refractivity contribution < 1.29 is 0 Å². The Hall–Kier alpha value is -2.16. The lowest BCUT2D eigenvalue weighted by atomic mass is 9.93. The second kappa shape index (κ2) is 11.0. The van der Waals surface area contributed by atoms with Gasteiger partial charge in [0.05, 0.1) is 6.04 Å². The fourth-order valence-electron chi connectivity index (χ4n) is 3.87. The molecule has 0 heterocycles. The van der Waals surface area contributed by atoms with E-state index in [2.05, 4.69) is 79.0 Å². The normalized spacial score (nSPS) is 16.2. The van der Waals surface area contributed by atoms with Crippen molar-refractivity contribution in [3.05, 3.63) is 95.1 Å². The minimum Gasteiger partial charge on any atom is -0.322 e. The SMILES string of the molecule is CC1=CCC(CCCCCN[C@H](c2ccccc2)[C@H](N)c2ccccc2)=CC1. The Kier molecular flexibility index (Phi) is 8.07. The predicted octanol–water partition coefficient (Wildman–Crippen LogP) is 6.24. The van der Waals surface area contributed by atoms with Gasteiger partial charge in [0.2, 0.25) is 0 Å². The summed E-state index contributed by atoms with van der Waals surface area (Å²) < 4.78 is 0. The highest BCUT2D eigenvalue weighted by Crippen LogP contribution is 2.27. The van der Waals surface area contributed by atoms with E-state index < -0.39 is 0 Å². The maximum absolute atomic E-state index is 6.65. The summed E-state index contributed by atoms with van der Waals surface area (Å²) in [6.07, 6.45) is 12.1. The van der Waals surface area contributed by atoms with Crippen LogP contribution in [-0.4, -0.2) is 6.54 Å². The summed E-state index contributed by atoms with van der Waals surface area (Å²) in [6, 6.07) is 21.1. The van der Waals surface area contributed by atoms with Crippen molar-refractivity contribution in [3.63, 3.8) is 0 Å². The van der Waals surface area contributed by atoms with Crippen LogP contribution in [0.2, 0.25) is 0 Å². The zero-order valence-electron chi connectivity index (χ0n) is 17.1. The van der Waals surface area contributed by atoms with Crippen molar-refractivity contribution in [3.8, 4) is 0 Å². The first kappa shape index (κ1) is 20.6. The van der Waals surface area contributed by atoms with Gasteiger partial charge in [-0.25, -0.2) is 0 Å². The van der Waals surface area contributed by atoms with Crippen LogP contribution in [0.15, 0.2) is 84.0 Å². The van der Waals surface area contributed by atoms with E-state index in [1.807, 2.05) is 6.07 Å². The summed E-state index contributed by atoms with van der Waals surface area (Å²) in [5, 5.41) is 3.73. The first-order valence-electron chi connectivity index (χ1n) is 10.7. The Labute approximate surface area is 170 Å². The third kappa shape index (κ3) is 6.19. The summed E-state index contributed by atoms with van der Waals surface area (Å²) >= 11 is 0. The molecule has 148 valence electrons. The molecule has 0 unspecified atom stereocenters. The van der Waals surface area contributed by atoms with Gasteiger partial charge < -0.3 is 11.1 Å². The van der Waals surface area contributed by atoms with Crippen molar-refractivity contribution in [2.75, 3.05) is 6.54 Å². The maximum Gasteiger partial charge on any atom is 0.0516 e. The number of rotatable bonds is 10. The number of nitrogens with two attached hydrogens (primary N) is 1. The average Bonchev–Trinajstić information content (AvgIpc) is 2.75. The van der Waals surface area contributed by atoms with E-state index in [0.717, 1.165) is 19.4 Å². The first-order valence-corrected chi connectivity index (χ1v) is 10.7. The molecule has 3 rings (SSSR count). The molecule has 2 aromatic carbocycles. The second-order valence-electron chi connectivity index (χ2n) is 7.91. The second-order valence-corrected chi connectivity index (χ2v) is 7.91. The number of nitrogens with one attached hydrogen (secondary N) is 1. The van der Waals surface area contributed by atoms with Gasteiger partial charge >= 0.3 is 0 Å². The van der Waals surface area contributed by atoms with Gasteiger partial charge in [0, 0.05) is 6.04 Å². The molecule has 1 aliphatic carbocycles. The van der Waals surface area contributed by atoms with Gasteiger partial charge in [0.25, 0.3) is 0 Å². The van der Waals surface area contributed by atoms with E-state index >= 15 is 0 Å². The van der Waals surface area contributed by atoms with Crippen LogP contribution in [0.25, 0.3) is 0 Å². The molecule has 0 saturated carbocycles. The highest BCUT2D eigenvalue weighted by Gasteiger charge is 2.20. The Morgan fingerprint density at radius 1 is 0.821 bits per heavy atom. The van der Waals surface area contributed by atoms with Gasteiger partial charge in [-0.15, -0.1) is 0 Å². The zero-order chi connectivity index (χ0) is 19.6. The third-order valence-electron chi connectivity index (χ3n) is 5.67. The molecular formula is C26H34N2. The number of hydrogen-bond donors (Lipinski definition) is 2. The molecule has 2 atom stereocenters. The van der Waals surface area contributed by atoms with Crippen LogP contribution in [0.1, 0.15) is 68.7 Å². The highest BCUT2D eigenvalue weighted by atomic mass is 14.9. The van der Waals surface area contributed by atoms with Gasteiger partial charge in [-0.3, -0.25) is 0 Å². The standard InChI is InChI=1S/C26H34N2/c1-21-16-18-22(19-17-21)11-5-4-10-20-28-26(24-14-8-3-9-15-24)25(27)23-12-6-2-7-13-23/h2-3,6-9,12-16,19,25-26,28H,4-5,10-11,17-18,20,27H2,1H3/t25-,26-/m1/s1. The van der Waals surface area contributed by atoms with Crippen LogP contribution in [0.3, 0.4) is 0 Å². The van der Waals surface area contributed by atoms with E-state index in [9.17, 15) is 0 Å². The van der Waals surface area contributed by atoms with Crippen LogP contribution in [0.4, 0.5) is 0 Å². The Morgan fingerprint density at radius 2 is 1.50 bits per heavy atom. The van der Waals surface area contributed by atoms with E-state index in [1.165, 1.54) is 42.4 Å². The largest absolute Gasteiger partial charge is 0.322 e. The number of benzene rings is 2. The molecule has 0 fully saturated rings. The molecule has 1 aliphatic rings. The van der Waals surface area contributed by atoms with Gasteiger partial charge in [-0.1, -0.05) is 90.4 Å². The summed E-state index contributed by atoms with van der Waals surface area (Å²) in [5.41, 5.74) is 12.2. The molecule has 2 heteroatoms. The molecule has 0 radical (unpaired) electrons. The van der Waals surface area contributed by atoms with E-state index in [1.54, 1.807) is 5.57 Å². The molecule has 0 spiro atoms. The Bertz CT molecular complexity index is 762. The van der Waals surface area contributed by atoms with Crippen molar-refractivity contribution in [2.24, 2.45) is 5.73 Å². The van der Waals surface area contributed by atoms with Gasteiger partial charge in [-0.2, -0.15) is 0 Å². The molecule has 3 N–H and O–H groups in total. The third-order valence-corrected chi connectivity index (χ3v) is 5.67. The lowest BCUT2D eigenvalue weighted by Gasteiger charge is -2.26. The molecule has 0 saturated heterocycles. The van der Waals surface area contributed by atoms with Crippen molar-refractivity contribution in [1.82, 2.24) is 5.32 Å². The minimum absolute atomic E-state index is 0.0500. The molecule has 0 aliphatic heterocycles. The smallest absolute Gasteiger partial charge is 0.0516 e. The molecule has 2 nitrogen and oxygen atoms in total. The van der Waals surface area contributed by atoms with Crippen molar-refractivity contribution in [1.29, 1.82) is 0 Å². The fraction of sp³-hybridized carbons (Fsp3) is 0.385. The maximum atomic E-state index is 6.65. The Balaban J connectivity index is 1.47. The van der Waals surface area contributed by atoms with Crippen molar-refractivity contribution >= 4 is 0 Å². The first-order chi connectivity index (χ1) is 13.7. The van der Waals surface area contributed by atoms with E-state index in [-0.39, 0.29) is 12.1 Å². The molecule has 0 amide bonds. The number of unbranched alkanes of at least 4 members (excludes halogenated alkanes) is 2. The van der Waals surface area contributed by atoms with E-state index in [4.69, 9.17) is 5.73 Å². The van der Waals surface area contributed by atoms with Crippen LogP contribution in [0, 0.1) is 0 Å². The lowest BCUT2D eigenvalue weighted by Crippen LogP contribution is -2.32. The lowest BCUT2D eigenvalue weighted by molar-refractivity contribution is 0.443. The molecule has 0 bridgehead atoms. The fourth-order valence-corrected chi connectivity index (χ4v) is 3.87. The van der Waals surface area contributed by atoms with Gasteiger partial charge in [0.1, 0.15) is 0 Å². The van der Waals surface area contributed by atoms with Crippen LogP contribution in [-0.2, 0) is 0 Å². The van der Waals surface area contributed by atoms with Gasteiger partial charge in [-0.05, 0) is 56.7 Å². The predicted molar refractivity (Wildman–Crippen MR) is 120 cm³/mol. The minimum atomic E-state index is -0.0500. The number of hydrogen-bond acceptors (Lipinski definition) is 2. The topological polar surface area (TPSA) is 38.0 Å². The van der Waals surface area contributed by atoms with Crippen LogP contribution < -0.4 is 11.1 Å². The van der Waals surface area contributed by atoms with Crippen molar-refractivity contribution in [2.45, 2.75) is 57.5 Å². The van der Waals surface area contributed by atoms with Gasteiger partial charge in [0.15, 0.2) is 0 Å². The zero-order valence-corrected chi connectivity index (χ0v) is 17.1. The molecular weight excluding hydrogens is 340 g/mol. The summed E-state index contributed by atoms with van der Waals surface area (Å²) in [7, 11) is 0. The quantitative estimate of drug-likeness (QED) is 0.381. The highest BCUT2D eigenvalue weighted by molar-refractivity contribution is 5.27. The van der Waals surface area contributed by atoms with Crippen LogP contribution >= 0.6 is 0 Å². The Morgan fingerprint density at radius 3 is 2.14 bits per heavy atom.